The molecule has 0 amide bonds. The average molecular weight is 263 g/mol. The number of aromatic nitrogens is 2. The number of carbonyl (C=O) groups is 1. The molecule has 0 saturated carbocycles. The van der Waals surface area contributed by atoms with Gasteiger partial charge in [-0.3, -0.25) is 4.79 Å². The number of imidazole rings is 1. The van der Waals surface area contributed by atoms with Crippen LogP contribution in [0.5, 0.6) is 0 Å². The minimum Gasteiger partial charge on any atom is -0.335 e. The van der Waals surface area contributed by atoms with Crippen molar-refractivity contribution >= 4 is 5.78 Å². The molecular weight excluding hydrogens is 238 g/mol. The van der Waals surface area contributed by atoms with E-state index in [-0.39, 0.29) is 0 Å². The normalized spacial score (nSPS) is 19.5. The predicted octanol–water partition coefficient (Wildman–Crippen LogP) is 2.18. The van der Waals surface area contributed by atoms with Crippen LogP contribution in [0.3, 0.4) is 0 Å². The Morgan fingerprint density at radius 3 is 3.21 bits per heavy atom. The highest BCUT2D eigenvalue weighted by Crippen LogP contribution is 2.16. The second-order valence-electron chi connectivity index (χ2n) is 5.50. The second kappa shape index (κ2) is 7.43. The molecule has 1 saturated heterocycles. The molecular formula is C15H25N3O. The summed E-state index contributed by atoms with van der Waals surface area (Å²) in [5.41, 5.74) is 0. The molecule has 1 aliphatic heterocycles. The molecule has 106 valence electrons. The summed E-state index contributed by atoms with van der Waals surface area (Å²) in [5.74, 6) is 1.94. The van der Waals surface area contributed by atoms with E-state index in [4.69, 9.17) is 0 Å². The van der Waals surface area contributed by atoms with E-state index in [9.17, 15) is 4.79 Å². The Bertz CT molecular complexity index is 394. The summed E-state index contributed by atoms with van der Waals surface area (Å²) in [7, 11) is 0. The molecule has 0 aromatic carbocycles. The lowest BCUT2D eigenvalue weighted by molar-refractivity contribution is -0.118. The molecule has 1 aliphatic rings. The molecule has 2 rings (SSSR count). The number of Topliss-reactive ketones (excluding diaryl/α,β-unsaturated/α-hetero) is 1. The zero-order chi connectivity index (χ0) is 13.5. The van der Waals surface area contributed by atoms with Gasteiger partial charge in [0.15, 0.2) is 0 Å². The number of nitrogens with one attached hydrogen (secondary N) is 1. The molecule has 1 fully saturated rings. The third kappa shape index (κ3) is 4.46. The lowest BCUT2D eigenvalue weighted by Gasteiger charge is -2.22. The lowest BCUT2D eigenvalue weighted by Crippen LogP contribution is -2.30. The minimum atomic E-state index is 0.328. The quantitative estimate of drug-likeness (QED) is 0.820. The molecule has 0 bridgehead atoms. The molecule has 4 heteroatoms. The number of rotatable bonds is 7. The van der Waals surface area contributed by atoms with Crippen molar-refractivity contribution in [2.45, 2.75) is 52.0 Å². The third-order valence-electron chi connectivity index (χ3n) is 3.85. The van der Waals surface area contributed by atoms with Crippen LogP contribution in [0.2, 0.25) is 0 Å². The van der Waals surface area contributed by atoms with E-state index in [0.29, 0.717) is 24.5 Å². The Morgan fingerprint density at radius 2 is 2.47 bits per heavy atom. The largest absolute Gasteiger partial charge is 0.335 e. The molecule has 1 N–H and O–H groups in total. The van der Waals surface area contributed by atoms with Crippen molar-refractivity contribution in [1.29, 1.82) is 0 Å². The Kier molecular flexibility index (Phi) is 5.58. The van der Waals surface area contributed by atoms with Gasteiger partial charge < -0.3 is 9.88 Å². The van der Waals surface area contributed by atoms with Crippen LogP contribution < -0.4 is 5.32 Å². The first-order valence-corrected chi connectivity index (χ1v) is 7.52. The van der Waals surface area contributed by atoms with E-state index in [1.807, 2.05) is 6.20 Å². The van der Waals surface area contributed by atoms with Gasteiger partial charge in [0.05, 0.1) is 6.42 Å². The third-order valence-corrected chi connectivity index (χ3v) is 3.85. The van der Waals surface area contributed by atoms with E-state index >= 15 is 0 Å². The summed E-state index contributed by atoms with van der Waals surface area (Å²) in [6.07, 6.45) is 9.58. The van der Waals surface area contributed by atoms with Gasteiger partial charge in [-0.2, -0.15) is 0 Å². The number of nitrogens with zero attached hydrogens (tertiary/aromatic N) is 2. The van der Waals surface area contributed by atoms with E-state index in [1.165, 1.54) is 12.8 Å². The molecule has 2 heterocycles. The van der Waals surface area contributed by atoms with Gasteiger partial charge in [0, 0.05) is 25.4 Å². The average Bonchev–Trinajstić information content (AvgIpc) is 2.85. The van der Waals surface area contributed by atoms with E-state index < -0.39 is 0 Å². The van der Waals surface area contributed by atoms with Gasteiger partial charge in [0.25, 0.3) is 0 Å². The van der Waals surface area contributed by atoms with Gasteiger partial charge in [-0.05, 0) is 44.7 Å². The van der Waals surface area contributed by atoms with E-state index in [2.05, 4.69) is 21.8 Å². The van der Waals surface area contributed by atoms with Crippen LogP contribution in [0.1, 0.15) is 44.9 Å². The van der Waals surface area contributed by atoms with Gasteiger partial charge in [0.1, 0.15) is 11.6 Å². The van der Waals surface area contributed by atoms with Crippen molar-refractivity contribution in [3.05, 3.63) is 18.2 Å². The smallest absolute Gasteiger partial charge is 0.140 e. The summed E-state index contributed by atoms with van der Waals surface area (Å²) in [6, 6.07) is 0. The molecule has 1 atom stereocenters. The Labute approximate surface area is 115 Å². The molecule has 4 nitrogen and oxygen atoms in total. The van der Waals surface area contributed by atoms with Gasteiger partial charge in [0.2, 0.25) is 0 Å². The number of ketones is 1. The summed E-state index contributed by atoms with van der Waals surface area (Å²) >= 11 is 0. The predicted molar refractivity (Wildman–Crippen MR) is 76.1 cm³/mol. The Hall–Kier alpha value is -1.16. The number of piperidine rings is 1. The Balaban J connectivity index is 1.75. The molecule has 1 aromatic rings. The summed E-state index contributed by atoms with van der Waals surface area (Å²) < 4.78 is 2.10. The molecule has 1 aromatic heterocycles. The summed E-state index contributed by atoms with van der Waals surface area (Å²) in [6.45, 7) is 5.31. The SMILES string of the molecule is CCCn1ccnc1CC(=O)CCC1CCCNC1. The standard InChI is InChI=1S/C15H25N3O/c1-2-9-18-10-8-17-15(18)11-14(19)6-5-13-4-3-7-16-12-13/h8,10,13,16H,2-7,9,11-12H2,1H3. The van der Waals surface area contributed by atoms with Gasteiger partial charge >= 0.3 is 0 Å². The van der Waals surface area contributed by atoms with Crippen molar-refractivity contribution in [3.63, 3.8) is 0 Å². The first-order chi connectivity index (χ1) is 9.29. The fourth-order valence-corrected chi connectivity index (χ4v) is 2.75. The maximum absolute atomic E-state index is 12.0. The van der Waals surface area contributed by atoms with E-state index in [0.717, 1.165) is 38.3 Å². The van der Waals surface area contributed by atoms with Crippen LogP contribution in [0.25, 0.3) is 0 Å². The summed E-state index contributed by atoms with van der Waals surface area (Å²) in [4.78, 5) is 16.3. The van der Waals surface area contributed by atoms with Crippen LogP contribution >= 0.6 is 0 Å². The van der Waals surface area contributed by atoms with Crippen LogP contribution in [-0.4, -0.2) is 28.4 Å². The van der Waals surface area contributed by atoms with Crippen molar-refractivity contribution in [2.75, 3.05) is 13.1 Å². The number of hydrogen-bond donors (Lipinski definition) is 1. The number of aryl methyl sites for hydroxylation is 1. The topological polar surface area (TPSA) is 46.9 Å². The fraction of sp³-hybridized carbons (Fsp3) is 0.733. The van der Waals surface area contributed by atoms with Crippen LogP contribution in [0.15, 0.2) is 12.4 Å². The number of hydrogen-bond acceptors (Lipinski definition) is 3. The van der Waals surface area contributed by atoms with Crippen molar-refractivity contribution in [1.82, 2.24) is 14.9 Å². The monoisotopic (exact) mass is 263 g/mol. The maximum atomic E-state index is 12.0. The van der Waals surface area contributed by atoms with Crippen LogP contribution in [0.4, 0.5) is 0 Å². The molecule has 1 unspecified atom stereocenters. The molecule has 0 spiro atoms. The van der Waals surface area contributed by atoms with Crippen LogP contribution in [-0.2, 0) is 17.8 Å². The zero-order valence-electron chi connectivity index (χ0n) is 11.9. The van der Waals surface area contributed by atoms with Crippen molar-refractivity contribution in [2.24, 2.45) is 5.92 Å². The molecule has 0 radical (unpaired) electrons. The van der Waals surface area contributed by atoms with Crippen LogP contribution in [0, 0.1) is 5.92 Å². The highest BCUT2D eigenvalue weighted by Gasteiger charge is 2.15. The lowest BCUT2D eigenvalue weighted by atomic mass is 9.93. The molecule has 19 heavy (non-hydrogen) atoms. The second-order valence-corrected chi connectivity index (χ2v) is 5.50. The van der Waals surface area contributed by atoms with Gasteiger partial charge in [-0.1, -0.05) is 6.92 Å². The first-order valence-electron chi connectivity index (χ1n) is 7.52. The summed E-state index contributed by atoms with van der Waals surface area (Å²) in [5, 5.41) is 3.40. The van der Waals surface area contributed by atoms with Crippen molar-refractivity contribution in [3.8, 4) is 0 Å². The molecule has 0 aliphatic carbocycles. The zero-order valence-corrected chi connectivity index (χ0v) is 11.9. The maximum Gasteiger partial charge on any atom is 0.140 e. The Morgan fingerprint density at radius 1 is 1.58 bits per heavy atom. The highest BCUT2D eigenvalue weighted by molar-refractivity contribution is 5.80. The van der Waals surface area contributed by atoms with Gasteiger partial charge in [-0.15, -0.1) is 0 Å². The minimum absolute atomic E-state index is 0.328. The van der Waals surface area contributed by atoms with Gasteiger partial charge in [-0.25, -0.2) is 4.98 Å². The van der Waals surface area contributed by atoms with E-state index in [1.54, 1.807) is 6.20 Å². The number of carbonyl (C=O) groups excluding carboxylic acids is 1. The fourth-order valence-electron chi connectivity index (χ4n) is 2.75. The van der Waals surface area contributed by atoms with Crippen molar-refractivity contribution < 1.29 is 4.79 Å². The highest BCUT2D eigenvalue weighted by atomic mass is 16.1. The first kappa shape index (κ1) is 14.3.